The van der Waals surface area contributed by atoms with Crippen LogP contribution in [0, 0.1) is 5.92 Å². The maximum atomic E-state index is 9.26. The van der Waals surface area contributed by atoms with Gasteiger partial charge in [-0.1, -0.05) is 26.7 Å². The van der Waals surface area contributed by atoms with E-state index in [1.807, 2.05) is 6.92 Å². The number of aliphatic hydroxyl groups excluding tert-OH is 1. The molecule has 1 aliphatic carbocycles. The van der Waals surface area contributed by atoms with E-state index in [2.05, 4.69) is 18.7 Å². The van der Waals surface area contributed by atoms with Crippen LogP contribution in [0.5, 0.6) is 0 Å². The van der Waals surface area contributed by atoms with Crippen molar-refractivity contribution in [1.29, 1.82) is 0 Å². The van der Waals surface area contributed by atoms with Gasteiger partial charge in [0.1, 0.15) is 0 Å². The van der Waals surface area contributed by atoms with Crippen LogP contribution in [-0.2, 0) is 0 Å². The normalized spacial score (nSPS) is 19.4. The molecule has 1 fully saturated rings. The highest BCUT2D eigenvalue weighted by Crippen LogP contribution is 2.24. The van der Waals surface area contributed by atoms with Crippen LogP contribution in [0.4, 0.5) is 0 Å². The zero-order valence-electron chi connectivity index (χ0n) is 12.0. The summed E-state index contributed by atoms with van der Waals surface area (Å²) in [6, 6.07) is 0.851. The third kappa shape index (κ3) is 6.42. The van der Waals surface area contributed by atoms with Gasteiger partial charge in [-0.15, -0.1) is 0 Å². The van der Waals surface area contributed by atoms with Gasteiger partial charge in [0.2, 0.25) is 0 Å². The standard InChI is InChI=1S/C15H31NO/c1-13(2)12-16(15-9-4-5-10-15)11-7-6-8-14(3)17/h13-15,17H,4-12H2,1-3H3. The minimum atomic E-state index is -0.125. The van der Waals surface area contributed by atoms with E-state index in [-0.39, 0.29) is 6.10 Å². The van der Waals surface area contributed by atoms with E-state index in [1.54, 1.807) is 0 Å². The van der Waals surface area contributed by atoms with E-state index >= 15 is 0 Å². The average Bonchev–Trinajstić information content (AvgIpc) is 2.74. The molecule has 0 aromatic rings. The molecule has 1 rings (SSSR count). The van der Waals surface area contributed by atoms with Crippen molar-refractivity contribution < 1.29 is 5.11 Å². The summed E-state index contributed by atoms with van der Waals surface area (Å²) < 4.78 is 0. The second-order valence-electron chi connectivity index (χ2n) is 6.17. The van der Waals surface area contributed by atoms with E-state index in [9.17, 15) is 5.11 Å². The van der Waals surface area contributed by atoms with E-state index in [1.165, 1.54) is 51.6 Å². The molecule has 2 heteroatoms. The molecule has 0 saturated heterocycles. The lowest BCUT2D eigenvalue weighted by Crippen LogP contribution is -2.37. The molecule has 1 aliphatic rings. The zero-order valence-corrected chi connectivity index (χ0v) is 12.0. The van der Waals surface area contributed by atoms with Gasteiger partial charge in [-0.05, 0) is 51.5 Å². The lowest BCUT2D eigenvalue weighted by molar-refractivity contribution is 0.158. The van der Waals surface area contributed by atoms with Crippen molar-refractivity contribution in [2.45, 2.75) is 77.9 Å². The number of nitrogens with zero attached hydrogens (tertiary/aromatic N) is 1. The molecule has 0 heterocycles. The summed E-state index contributed by atoms with van der Waals surface area (Å²) in [5.74, 6) is 0.771. The fourth-order valence-electron chi connectivity index (χ4n) is 2.92. The Morgan fingerprint density at radius 1 is 1.12 bits per heavy atom. The number of hydrogen-bond acceptors (Lipinski definition) is 2. The van der Waals surface area contributed by atoms with E-state index < -0.39 is 0 Å². The third-order valence-corrected chi connectivity index (χ3v) is 3.76. The summed E-state index contributed by atoms with van der Waals surface area (Å²) in [6.45, 7) is 9.01. The fourth-order valence-corrected chi connectivity index (χ4v) is 2.92. The first-order valence-electron chi connectivity index (χ1n) is 7.51. The van der Waals surface area contributed by atoms with Crippen molar-refractivity contribution >= 4 is 0 Å². The molecule has 0 amide bonds. The molecule has 0 aliphatic heterocycles. The van der Waals surface area contributed by atoms with E-state index in [4.69, 9.17) is 0 Å². The van der Waals surface area contributed by atoms with Gasteiger partial charge in [-0.2, -0.15) is 0 Å². The maximum Gasteiger partial charge on any atom is 0.0512 e. The molecule has 1 N–H and O–H groups in total. The first kappa shape index (κ1) is 15.0. The lowest BCUT2D eigenvalue weighted by atomic mass is 10.1. The molecule has 102 valence electrons. The molecular formula is C15H31NO. The predicted molar refractivity (Wildman–Crippen MR) is 74.2 cm³/mol. The summed E-state index contributed by atoms with van der Waals surface area (Å²) in [6.07, 6.45) is 8.90. The lowest BCUT2D eigenvalue weighted by Gasteiger charge is -2.30. The molecule has 1 atom stereocenters. The van der Waals surface area contributed by atoms with Crippen LogP contribution in [0.15, 0.2) is 0 Å². The molecule has 0 aromatic carbocycles. The molecule has 17 heavy (non-hydrogen) atoms. The van der Waals surface area contributed by atoms with Crippen LogP contribution >= 0.6 is 0 Å². The van der Waals surface area contributed by atoms with E-state index in [0.29, 0.717) is 0 Å². The molecule has 0 bridgehead atoms. The summed E-state index contributed by atoms with van der Waals surface area (Å²) in [4.78, 5) is 2.71. The van der Waals surface area contributed by atoms with Crippen LogP contribution in [0.1, 0.15) is 65.7 Å². The van der Waals surface area contributed by atoms with Gasteiger partial charge >= 0.3 is 0 Å². The molecule has 0 radical (unpaired) electrons. The molecule has 2 nitrogen and oxygen atoms in total. The van der Waals surface area contributed by atoms with Crippen LogP contribution < -0.4 is 0 Å². The zero-order chi connectivity index (χ0) is 12.7. The Bertz CT molecular complexity index is 185. The predicted octanol–water partition coefficient (Wildman–Crippen LogP) is 3.44. The van der Waals surface area contributed by atoms with Crippen molar-refractivity contribution in [3.63, 3.8) is 0 Å². The van der Waals surface area contributed by atoms with Gasteiger partial charge in [0, 0.05) is 12.6 Å². The number of rotatable bonds is 8. The molecule has 1 saturated carbocycles. The van der Waals surface area contributed by atoms with Crippen molar-refractivity contribution in [3.8, 4) is 0 Å². The van der Waals surface area contributed by atoms with Crippen LogP contribution in [-0.4, -0.2) is 35.2 Å². The Morgan fingerprint density at radius 3 is 2.29 bits per heavy atom. The first-order valence-corrected chi connectivity index (χ1v) is 7.51. The summed E-state index contributed by atoms with van der Waals surface area (Å²) >= 11 is 0. The van der Waals surface area contributed by atoms with Crippen molar-refractivity contribution in [3.05, 3.63) is 0 Å². The van der Waals surface area contributed by atoms with Crippen LogP contribution in [0.3, 0.4) is 0 Å². The highest BCUT2D eigenvalue weighted by atomic mass is 16.3. The first-order chi connectivity index (χ1) is 8.09. The molecule has 0 aromatic heterocycles. The molecule has 0 spiro atoms. The smallest absolute Gasteiger partial charge is 0.0512 e. The van der Waals surface area contributed by atoms with Gasteiger partial charge in [-0.3, -0.25) is 0 Å². The van der Waals surface area contributed by atoms with Crippen molar-refractivity contribution in [2.24, 2.45) is 5.92 Å². The van der Waals surface area contributed by atoms with Crippen LogP contribution in [0.25, 0.3) is 0 Å². The molecular weight excluding hydrogens is 210 g/mol. The Balaban J connectivity index is 2.25. The topological polar surface area (TPSA) is 23.5 Å². The monoisotopic (exact) mass is 241 g/mol. The second kappa shape index (κ2) is 8.10. The van der Waals surface area contributed by atoms with Crippen LogP contribution in [0.2, 0.25) is 0 Å². The Hall–Kier alpha value is -0.0800. The van der Waals surface area contributed by atoms with Gasteiger partial charge in [0.05, 0.1) is 6.10 Å². The average molecular weight is 241 g/mol. The van der Waals surface area contributed by atoms with E-state index in [0.717, 1.165) is 18.4 Å². The summed E-state index contributed by atoms with van der Waals surface area (Å²) in [5.41, 5.74) is 0. The summed E-state index contributed by atoms with van der Waals surface area (Å²) in [7, 11) is 0. The van der Waals surface area contributed by atoms with Crippen molar-refractivity contribution in [1.82, 2.24) is 4.90 Å². The quantitative estimate of drug-likeness (QED) is 0.658. The van der Waals surface area contributed by atoms with Gasteiger partial charge < -0.3 is 10.0 Å². The third-order valence-electron chi connectivity index (χ3n) is 3.76. The van der Waals surface area contributed by atoms with Gasteiger partial charge in [0.25, 0.3) is 0 Å². The largest absolute Gasteiger partial charge is 0.393 e. The van der Waals surface area contributed by atoms with Gasteiger partial charge in [-0.25, -0.2) is 0 Å². The number of aliphatic hydroxyl groups is 1. The minimum absolute atomic E-state index is 0.125. The Kier molecular flexibility index (Phi) is 7.14. The minimum Gasteiger partial charge on any atom is -0.393 e. The van der Waals surface area contributed by atoms with Gasteiger partial charge in [0.15, 0.2) is 0 Å². The second-order valence-corrected chi connectivity index (χ2v) is 6.17. The summed E-state index contributed by atoms with van der Waals surface area (Å²) in [5, 5.41) is 9.26. The fraction of sp³-hybridized carbons (Fsp3) is 1.00. The Labute approximate surface area is 107 Å². The SMILES string of the molecule is CC(C)CN(CCCCC(C)O)C1CCCC1. The molecule has 1 unspecified atom stereocenters. The highest BCUT2D eigenvalue weighted by molar-refractivity contribution is 4.78. The number of hydrogen-bond donors (Lipinski definition) is 1. The Morgan fingerprint density at radius 2 is 1.76 bits per heavy atom. The maximum absolute atomic E-state index is 9.26. The van der Waals surface area contributed by atoms with Crippen molar-refractivity contribution in [2.75, 3.05) is 13.1 Å². The highest BCUT2D eigenvalue weighted by Gasteiger charge is 2.22. The number of unbranched alkanes of at least 4 members (excludes halogenated alkanes) is 1.